The van der Waals surface area contributed by atoms with Crippen molar-refractivity contribution in [1.82, 2.24) is 5.32 Å². The zero-order valence-corrected chi connectivity index (χ0v) is 13.5. The van der Waals surface area contributed by atoms with Crippen LogP contribution in [0.25, 0.3) is 0 Å². The smallest absolute Gasteiger partial charge is 0.0431 e. The molecule has 0 aromatic carbocycles. The van der Waals surface area contributed by atoms with Crippen LogP contribution in [0.1, 0.15) is 78.1 Å². The van der Waals surface area contributed by atoms with Crippen molar-refractivity contribution in [1.29, 1.82) is 0 Å². The Morgan fingerprint density at radius 3 is 2.15 bits per heavy atom. The minimum absolute atomic E-state index is 0.357. The highest BCUT2D eigenvalue weighted by Gasteiger charge is 2.59. The molecule has 2 unspecified atom stereocenters. The molecule has 2 N–H and O–H groups in total. The van der Waals surface area contributed by atoms with Gasteiger partial charge in [-0.2, -0.15) is 0 Å². The van der Waals surface area contributed by atoms with Crippen molar-refractivity contribution in [2.75, 3.05) is 13.2 Å². The number of nitrogens with one attached hydrogen (secondary N) is 1. The van der Waals surface area contributed by atoms with Crippen LogP contribution in [-0.4, -0.2) is 23.8 Å². The highest BCUT2D eigenvalue weighted by atomic mass is 16.2. The van der Waals surface area contributed by atoms with Crippen LogP contribution in [0.2, 0.25) is 0 Å². The molecule has 4 saturated carbocycles. The number of aliphatic hydroxyl groups excluding tert-OH is 1. The van der Waals surface area contributed by atoms with Crippen LogP contribution < -0.4 is 5.32 Å². The molecule has 0 aliphatic heterocycles. The van der Waals surface area contributed by atoms with Crippen LogP contribution >= 0.6 is 0 Å². The first kappa shape index (κ1) is 14.8. The van der Waals surface area contributed by atoms with Gasteiger partial charge < -0.3 is 10.4 Å². The van der Waals surface area contributed by atoms with Gasteiger partial charge in [0, 0.05) is 12.1 Å². The third-order valence-electron chi connectivity index (χ3n) is 6.21. The third kappa shape index (κ3) is 2.92. The molecular formula is C18H33NO. The summed E-state index contributed by atoms with van der Waals surface area (Å²) in [6.07, 6.45) is 13.4. The summed E-state index contributed by atoms with van der Waals surface area (Å²) in [7, 11) is 0. The number of unbranched alkanes of at least 4 members (excludes halogenated alkanes) is 3. The zero-order valence-electron chi connectivity index (χ0n) is 13.5. The largest absolute Gasteiger partial charge is 0.396 e. The van der Waals surface area contributed by atoms with Crippen LogP contribution in [0.5, 0.6) is 0 Å². The van der Waals surface area contributed by atoms with Gasteiger partial charge in [-0.15, -0.1) is 0 Å². The predicted molar refractivity (Wildman–Crippen MR) is 83.7 cm³/mol. The second-order valence-corrected chi connectivity index (χ2v) is 8.97. The molecule has 4 aliphatic carbocycles. The predicted octanol–water partition coefficient (Wildman–Crippen LogP) is 3.88. The molecule has 0 aromatic heterocycles. The van der Waals surface area contributed by atoms with E-state index in [9.17, 15) is 0 Å². The Labute approximate surface area is 124 Å². The molecule has 4 atom stereocenters. The van der Waals surface area contributed by atoms with Crippen LogP contribution in [0.15, 0.2) is 0 Å². The Morgan fingerprint density at radius 1 is 0.900 bits per heavy atom. The maximum atomic E-state index is 8.82. The van der Waals surface area contributed by atoms with Gasteiger partial charge in [0.05, 0.1) is 0 Å². The molecule has 0 aromatic rings. The SMILES string of the molecule is C[C@]12CC3CC(NCCCCCCO)(C1)C[C@@](C)(C3)C2. The fourth-order valence-electron chi connectivity index (χ4n) is 6.59. The summed E-state index contributed by atoms with van der Waals surface area (Å²) >= 11 is 0. The van der Waals surface area contributed by atoms with Gasteiger partial charge in [-0.05, 0) is 74.7 Å². The lowest BCUT2D eigenvalue weighted by Gasteiger charge is -2.65. The van der Waals surface area contributed by atoms with Crippen molar-refractivity contribution >= 4 is 0 Å². The summed E-state index contributed by atoms with van der Waals surface area (Å²) in [5.41, 5.74) is 1.72. The van der Waals surface area contributed by atoms with E-state index >= 15 is 0 Å². The molecule has 20 heavy (non-hydrogen) atoms. The molecule has 0 amide bonds. The number of rotatable bonds is 7. The number of hydrogen-bond acceptors (Lipinski definition) is 2. The molecule has 4 fully saturated rings. The second-order valence-electron chi connectivity index (χ2n) is 8.97. The molecule has 0 heterocycles. The molecule has 2 nitrogen and oxygen atoms in total. The van der Waals surface area contributed by atoms with Crippen molar-refractivity contribution in [2.45, 2.75) is 83.6 Å². The van der Waals surface area contributed by atoms with Gasteiger partial charge >= 0.3 is 0 Å². The van der Waals surface area contributed by atoms with E-state index < -0.39 is 0 Å². The maximum absolute atomic E-state index is 8.82. The van der Waals surface area contributed by atoms with E-state index in [1.807, 2.05) is 0 Å². The van der Waals surface area contributed by atoms with Crippen LogP contribution in [0, 0.1) is 16.7 Å². The molecule has 0 spiro atoms. The topological polar surface area (TPSA) is 32.3 Å². The molecule has 116 valence electrons. The van der Waals surface area contributed by atoms with Crippen molar-refractivity contribution in [2.24, 2.45) is 16.7 Å². The van der Waals surface area contributed by atoms with E-state index in [4.69, 9.17) is 5.11 Å². The highest BCUT2D eigenvalue weighted by molar-refractivity contribution is 5.14. The van der Waals surface area contributed by atoms with Gasteiger partial charge in [-0.1, -0.05) is 26.7 Å². The fraction of sp³-hybridized carbons (Fsp3) is 1.00. The Morgan fingerprint density at radius 2 is 1.55 bits per heavy atom. The quantitative estimate of drug-likeness (QED) is 0.693. The van der Waals surface area contributed by atoms with Crippen LogP contribution in [-0.2, 0) is 0 Å². The monoisotopic (exact) mass is 279 g/mol. The minimum Gasteiger partial charge on any atom is -0.396 e. The summed E-state index contributed by atoms with van der Waals surface area (Å²) in [4.78, 5) is 0. The van der Waals surface area contributed by atoms with Crippen molar-refractivity contribution in [3.63, 3.8) is 0 Å². The number of aliphatic hydroxyl groups is 1. The summed E-state index contributed by atoms with van der Waals surface area (Å²) in [5.74, 6) is 0.989. The van der Waals surface area contributed by atoms with E-state index in [-0.39, 0.29) is 0 Å². The van der Waals surface area contributed by atoms with E-state index in [2.05, 4.69) is 19.2 Å². The molecule has 4 rings (SSSR count). The minimum atomic E-state index is 0.357. The van der Waals surface area contributed by atoms with Crippen molar-refractivity contribution in [3.8, 4) is 0 Å². The van der Waals surface area contributed by atoms with Gasteiger partial charge in [0.15, 0.2) is 0 Å². The Balaban J connectivity index is 1.53. The molecule has 4 bridgehead atoms. The Bertz CT molecular complexity index is 335. The van der Waals surface area contributed by atoms with Crippen molar-refractivity contribution < 1.29 is 5.11 Å². The van der Waals surface area contributed by atoms with E-state index in [0.717, 1.165) is 12.3 Å². The van der Waals surface area contributed by atoms with Gasteiger partial charge in [0.25, 0.3) is 0 Å². The summed E-state index contributed by atoms with van der Waals surface area (Å²) in [6.45, 7) is 6.64. The van der Waals surface area contributed by atoms with E-state index in [0.29, 0.717) is 23.0 Å². The maximum Gasteiger partial charge on any atom is 0.0431 e. The molecule has 0 saturated heterocycles. The van der Waals surface area contributed by atoms with Crippen molar-refractivity contribution in [3.05, 3.63) is 0 Å². The fourth-order valence-corrected chi connectivity index (χ4v) is 6.59. The second kappa shape index (κ2) is 5.28. The average molecular weight is 279 g/mol. The first-order valence-electron chi connectivity index (χ1n) is 8.83. The molecule has 2 heteroatoms. The van der Waals surface area contributed by atoms with Gasteiger partial charge in [-0.3, -0.25) is 0 Å². The van der Waals surface area contributed by atoms with Gasteiger partial charge in [-0.25, -0.2) is 0 Å². The standard InChI is InChI=1S/C18H33NO/c1-16-9-15-10-17(2,12-16)14-18(11-15,13-16)19-7-5-3-4-6-8-20/h15,19-20H,3-14H2,1-2H3/t15?,16-,17+,18?. The van der Waals surface area contributed by atoms with Gasteiger partial charge in [0.2, 0.25) is 0 Å². The summed E-state index contributed by atoms with van der Waals surface area (Å²) < 4.78 is 0. The zero-order chi connectivity index (χ0) is 14.3. The molecular weight excluding hydrogens is 246 g/mol. The molecule has 0 radical (unpaired) electrons. The first-order chi connectivity index (χ1) is 9.47. The Hall–Kier alpha value is -0.0800. The third-order valence-corrected chi connectivity index (χ3v) is 6.21. The Kier molecular flexibility index (Phi) is 3.92. The van der Waals surface area contributed by atoms with Gasteiger partial charge in [0.1, 0.15) is 0 Å². The first-order valence-corrected chi connectivity index (χ1v) is 8.83. The van der Waals surface area contributed by atoms with Crippen LogP contribution in [0.4, 0.5) is 0 Å². The lowest BCUT2D eigenvalue weighted by Crippen LogP contribution is -2.64. The van der Waals surface area contributed by atoms with E-state index in [1.165, 1.54) is 64.3 Å². The summed E-state index contributed by atoms with van der Waals surface area (Å²) in [6, 6.07) is 0. The number of hydrogen-bond donors (Lipinski definition) is 2. The highest BCUT2D eigenvalue weighted by Crippen LogP contribution is 2.66. The lowest BCUT2D eigenvalue weighted by molar-refractivity contribution is -0.117. The average Bonchev–Trinajstić information content (AvgIpc) is 2.29. The normalized spacial score (nSPS) is 46.0. The lowest BCUT2D eigenvalue weighted by atomic mass is 9.43. The molecule has 4 aliphatic rings. The summed E-state index contributed by atoms with van der Waals surface area (Å²) in [5, 5.41) is 12.8. The van der Waals surface area contributed by atoms with Crippen LogP contribution in [0.3, 0.4) is 0 Å². The van der Waals surface area contributed by atoms with E-state index in [1.54, 1.807) is 0 Å².